The summed E-state index contributed by atoms with van der Waals surface area (Å²) >= 11 is 6.10. The van der Waals surface area contributed by atoms with Crippen LogP contribution in [0.2, 0.25) is 5.02 Å². The van der Waals surface area contributed by atoms with E-state index < -0.39 is 5.82 Å². The quantitative estimate of drug-likeness (QED) is 0.797. The minimum atomic E-state index is -0.400. The first-order valence-corrected chi connectivity index (χ1v) is 10.5. The molecule has 3 amide bonds. The van der Waals surface area contributed by atoms with Gasteiger partial charge in [0.05, 0.1) is 0 Å². The van der Waals surface area contributed by atoms with Crippen LogP contribution < -0.4 is 5.32 Å². The van der Waals surface area contributed by atoms with Gasteiger partial charge < -0.3 is 15.1 Å². The molecule has 1 aliphatic carbocycles. The summed E-state index contributed by atoms with van der Waals surface area (Å²) in [6, 6.07) is 4.20. The topological polar surface area (TPSA) is 52.7 Å². The summed E-state index contributed by atoms with van der Waals surface area (Å²) in [6.45, 7) is 5.97. The van der Waals surface area contributed by atoms with Crippen molar-refractivity contribution < 1.29 is 14.0 Å². The number of urea groups is 1. The van der Waals surface area contributed by atoms with Crippen LogP contribution in [0.15, 0.2) is 18.2 Å². The number of nitrogens with zero attached hydrogens (tertiary/aromatic N) is 2. The molecule has 28 heavy (non-hydrogen) atoms. The number of benzene rings is 1. The largest absolute Gasteiger partial charge is 0.352 e. The van der Waals surface area contributed by atoms with Crippen molar-refractivity contribution in [3.8, 4) is 0 Å². The van der Waals surface area contributed by atoms with E-state index in [1.54, 1.807) is 15.9 Å². The van der Waals surface area contributed by atoms with E-state index in [2.05, 4.69) is 19.2 Å². The Morgan fingerprint density at radius 3 is 2.71 bits per heavy atom. The summed E-state index contributed by atoms with van der Waals surface area (Å²) < 4.78 is 13.2. The van der Waals surface area contributed by atoms with Crippen LogP contribution in [-0.2, 0) is 11.3 Å². The molecule has 0 unspecified atom stereocenters. The number of halogens is 2. The van der Waals surface area contributed by atoms with E-state index in [1.807, 2.05) is 0 Å². The maximum Gasteiger partial charge on any atom is 0.320 e. The zero-order valence-corrected chi connectivity index (χ0v) is 17.3. The summed E-state index contributed by atoms with van der Waals surface area (Å²) in [6.07, 6.45) is 4.12. The molecule has 2 fully saturated rings. The first kappa shape index (κ1) is 20.9. The third-order valence-electron chi connectivity index (χ3n) is 6.16. The fourth-order valence-corrected chi connectivity index (χ4v) is 4.43. The van der Waals surface area contributed by atoms with Crippen LogP contribution in [0.25, 0.3) is 0 Å². The molecule has 0 spiro atoms. The second-order valence-corrected chi connectivity index (χ2v) is 8.56. The molecule has 1 N–H and O–H groups in total. The second-order valence-electron chi connectivity index (χ2n) is 8.16. The fourth-order valence-electron chi connectivity index (χ4n) is 4.20. The molecular weight excluding hydrogens is 381 g/mol. The summed E-state index contributed by atoms with van der Waals surface area (Å²) in [4.78, 5) is 28.6. The van der Waals surface area contributed by atoms with E-state index in [1.165, 1.54) is 18.6 Å². The molecule has 0 aromatic heterocycles. The molecule has 154 valence electrons. The average molecular weight is 410 g/mol. The number of rotatable bonds is 5. The highest BCUT2D eigenvalue weighted by Gasteiger charge is 2.31. The molecule has 0 radical (unpaired) electrons. The standard InChI is InChI=1S/C21H29ClFN3O2/c1-14-5-3-6-19(15(14)2)24-20(27)13-26-10-4-9-25(21(26)28)12-16-7-8-17(23)11-18(16)22/h7-8,11,14-15,19H,3-6,9-10,12-13H2,1-2H3,(H,24,27)/t14-,15+,19-/m1/s1. The predicted molar refractivity (Wildman–Crippen MR) is 108 cm³/mol. The van der Waals surface area contributed by atoms with Crippen LogP contribution in [0.3, 0.4) is 0 Å². The van der Waals surface area contributed by atoms with Crippen LogP contribution in [0, 0.1) is 17.7 Å². The molecule has 1 aromatic carbocycles. The van der Waals surface area contributed by atoms with E-state index in [0.717, 1.165) is 19.3 Å². The SMILES string of the molecule is C[C@H]1[C@H](C)CCC[C@H]1NC(=O)CN1CCCN(Cc2ccc(F)cc2Cl)C1=O. The normalized spacial score (nSPS) is 25.7. The monoisotopic (exact) mass is 409 g/mol. The lowest BCUT2D eigenvalue weighted by Gasteiger charge is -2.37. The van der Waals surface area contributed by atoms with Crippen molar-refractivity contribution in [1.29, 1.82) is 0 Å². The summed E-state index contributed by atoms with van der Waals surface area (Å²) in [5.74, 6) is 0.558. The average Bonchev–Trinajstić information content (AvgIpc) is 2.64. The number of carbonyl (C=O) groups excluding carboxylic acids is 2. The molecule has 1 aliphatic heterocycles. The van der Waals surface area contributed by atoms with Gasteiger partial charge in [-0.3, -0.25) is 4.79 Å². The van der Waals surface area contributed by atoms with Gasteiger partial charge in [0.2, 0.25) is 5.91 Å². The van der Waals surface area contributed by atoms with Crippen molar-refractivity contribution in [3.05, 3.63) is 34.6 Å². The van der Waals surface area contributed by atoms with Gasteiger partial charge >= 0.3 is 6.03 Å². The van der Waals surface area contributed by atoms with Crippen LogP contribution >= 0.6 is 11.6 Å². The van der Waals surface area contributed by atoms with Crippen molar-refractivity contribution in [1.82, 2.24) is 15.1 Å². The van der Waals surface area contributed by atoms with Crippen molar-refractivity contribution in [2.45, 2.75) is 52.1 Å². The van der Waals surface area contributed by atoms with Crippen molar-refractivity contribution >= 4 is 23.5 Å². The smallest absolute Gasteiger partial charge is 0.320 e. The van der Waals surface area contributed by atoms with Gasteiger partial charge in [-0.15, -0.1) is 0 Å². The molecule has 2 aliphatic rings. The van der Waals surface area contributed by atoms with Gasteiger partial charge in [0.25, 0.3) is 0 Å². The first-order valence-electron chi connectivity index (χ1n) is 10.1. The van der Waals surface area contributed by atoms with E-state index in [4.69, 9.17) is 11.6 Å². The third kappa shape index (κ3) is 4.96. The Hall–Kier alpha value is -1.82. The van der Waals surface area contributed by atoms with Gasteiger partial charge in [0.15, 0.2) is 0 Å². The number of hydrogen-bond acceptors (Lipinski definition) is 2. The van der Waals surface area contributed by atoms with Crippen LogP contribution in [-0.4, -0.2) is 47.4 Å². The van der Waals surface area contributed by atoms with Gasteiger partial charge in [0.1, 0.15) is 12.4 Å². The van der Waals surface area contributed by atoms with E-state index in [9.17, 15) is 14.0 Å². The molecule has 3 rings (SSSR count). The highest BCUT2D eigenvalue weighted by atomic mass is 35.5. The minimum absolute atomic E-state index is 0.0735. The maximum absolute atomic E-state index is 13.2. The Balaban J connectivity index is 1.57. The minimum Gasteiger partial charge on any atom is -0.352 e. The van der Waals surface area contributed by atoms with Crippen LogP contribution in [0.5, 0.6) is 0 Å². The summed E-state index contributed by atoms with van der Waals surface area (Å²) in [5, 5.41) is 3.44. The van der Waals surface area contributed by atoms with Gasteiger partial charge in [-0.1, -0.05) is 44.4 Å². The van der Waals surface area contributed by atoms with E-state index >= 15 is 0 Å². The van der Waals surface area contributed by atoms with Gasteiger partial charge in [-0.2, -0.15) is 0 Å². The molecule has 1 aromatic rings. The van der Waals surface area contributed by atoms with Crippen molar-refractivity contribution in [2.24, 2.45) is 11.8 Å². The molecule has 3 atom stereocenters. The number of nitrogens with one attached hydrogen (secondary N) is 1. The molecule has 7 heteroatoms. The molecule has 1 saturated carbocycles. The Labute approximate surface area is 171 Å². The lowest BCUT2D eigenvalue weighted by Crippen LogP contribution is -2.53. The Morgan fingerprint density at radius 2 is 1.96 bits per heavy atom. The highest BCUT2D eigenvalue weighted by molar-refractivity contribution is 6.31. The lowest BCUT2D eigenvalue weighted by atomic mass is 9.78. The molecule has 1 saturated heterocycles. The van der Waals surface area contributed by atoms with Gasteiger partial charge in [-0.25, -0.2) is 9.18 Å². The van der Waals surface area contributed by atoms with Crippen molar-refractivity contribution in [2.75, 3.05) is 19.6 Å². The van der Waals surface area contributed by atoms with E-state index in [-0.39, 0.29) is 24.5 Å². The first-order chi connectivity index (χ1) is 13.3. The van der Waals surface area contributed by atoms with Crippen molar-refractivity contribution in [3.63, 3.8) is 0 Å². The number of hydrogen-bond donors (Lipinski definition) is 1. The molecular formula is C21H29ClFN3O2. The molecule has 5 nitrogen and oxygen atoms in total. The third-order valence-corrected chi connectivity index (χ3v) is 6.51. The Bertz CT molecular complexity index is 730. The second kappa shape index (κ2) is 9.12. The Kier molecular flexibility index (Phi) is 6.81. The predicted octanol–water partition coefficient (Wildman–Crippen LogP) is 4.05. The summed E-state index contributed by atoms with van der Waals surface area (Å²) in [7, 11) is 0. The van der Waals surface area contributed by atoms with Gasteiger partial charge in [-0.05, 0) is 42.4 Å². The molecule has 1 heterocycles. The fraction of sp³-hybridized carbons (Fsp3) is 0.619. The highest BCUT2D eigenvalue weighted by Crippen LogP contribution is 2.29. The zero-order valence-electron chi connectivity index (χ0n) is 16.6. The number of carbonyl (C=O) groups is 2. The number of amides is 3. The molecule has 0 bridgehead atoms. The van der Waals surface area contributed by atoms with E-state index in [0.29, 0.717) is 42.1 Å². The summed E-state index contributed by atoms with van der Waals surface area (Å²) in [5.41, 5.74) is 0.702. The van der Waals surface area contributed by atoms with Gasteiger partial charge in [0, 0.05) is 30.7 Å². The van der Waals surface area contributed by atoms with Crippen LogP contribution in [0.1, 0.15) is 45.1 Å². The Morgan fingerprint density at radius 1 is 1.21 bits per heavy atom. The lowest BCUT2D eigenvalue weighted by molar-refractivity contribution is -0.123. The maximum atomic E-state index is 13.2. The zero-order chi connectivity index (χ0) is 20.3. The van der Waals surface area contributed by atoms with Crippen LogP contribution in [0.4, 0.5) is 9.18 Å².